The van der Waals surface area contributed by atoms with Gasteiger partial charge in [0, 0.05) is 13.1 Å². The molecule has 2 aromatic carbocycles. The minimum atomic E-state index is -0.223. The van der Waals surface area contributed by atoms with E-state index in [0.29, 0.717) is 22.9 Å². The molecular formula is C25H28N2O2. The number of rotatable bonds is 3. The van der Waals surface area contributed by atoms with Crippen LogP contribution in [0.1, 0.15) is 42.0 Å². The van der Waals surface area contributed by atoms with Crippen molar-refractivity contribution < 1.29 is 9.59 Å². The van der Waals surface area contributed by atoms with E-state index in [1.54, 1.807) is 0 Å². The molecule has 4 rings (SSSR count). The second-order valence-electron chi connectivity index (χ2n) is 8.49. The number of carbonyl (C=O) groups is 2. The van der Waals surface area contributed by atoms with Crippen LogP contribution in [-0.2, 0) is 9.59 Å². The summed E-state index contributed by atoms with van der Waals surface area (Å²) in [6, 6.07) is 13.6. The summed E-state index contributed by atoms with van der Waals surface area (Å²) in [5.74, 6) is 0.222. The van der Waals surface area contributed by atoms with Gasteiger partial charge in [0.25, 0.3) is 11.8 Å². The van der Waals surface area contributed by atoms with Crippen molar-refractivity contribution >= 4 is 23.1 Å². The first-order valence-corrected chi connectivity index (χ1v) is 10.4. The molecule has 2 amide bonds. The molecule has 0 radical (unpaired) electrons. The summed E-state index contributed by atoms with van der Waals surface area (Å²) in [5, 5.41) is 0. The van der Waals surface area contributed by atoms with Crippen molar-refractivity contribution in [3.63, 3.8) is 0 Å². The number of amides is 2. The second-order valence-corrected chi connectivity index (χ2v) is 8.49. The van der Waals surface area contributed by atoms with Gasteiger partial charge in [-0.3, -0.25) is 9.59 Å². The molecule has 0 spiro atoms. The number of anilines is 1. The Bertz CT molecular complexity index is 996. The van der Waals surface area contributed by atoms with Crippen LogP contribution in [0.3, 0.4) is 0 Å². The summed E-state index contributed by atoms with van der Waals surface area (Å²) in [6.07, 6.45) is 2.07. The van der Waals surface area contributed by atoms with E-state index in [1.807, 2.05) is 57.2 Å². The molecule has 2 aliphatic rings. The lowest BCUT2D eigenvalue weighted by Gasteiger charge is -2.32. The Morgan fingerprint density at radius 2 is 1.45 bits per heavy atom. The molecule has 0 atom stereocenters. The van der Waals surface area contributed by atoms with Gasteiger partial charge in [0.05, 0.1) is 11.3 Å². The van der Waals surface area contributed by atoms with Crippen LogP contribution in [-0.4, -0.2) is 29.8 Å². The minimum Gasteiger partial charge on any atom is -0.366 e. The Morgan fingerprint density at radius 1 is 0.828 bits per heavy atom. The third-order valence-electron chi connectivity index (χ3n) is 6.10. The van der Waals surface area contributed by atoms with Crippen LogP contribution in [0.5, 0.6) is 0 Å². The van der Waals surface area contributed by atoms with Gasteiger partial charge < -0.3 is 4.90 Å². The second kappa shape index (κ2) is 7.51. The average molecular weight is 389 g/mol. The summed E-state index contributed by atoms with van der Waals surface area (Å²) < 4.78 is 0. The normalized spacial score (nSPS) is 18.2. The predicted octanol–water partition coefficient (Wildman–Crippen LogP) is 4.63. The van der Waals surface area contributed by atoms with Gasteiger partial charge in [0.2, 0.25) is 0 Å². The Kier molecular flexibility index (Phi) is 5.03. The highest BCUT2D eigenvalue weighted by Gasteiger charge is 2.43. The summed E-state index contributed by atoms with van der Waals surface area (Å²) in [4.78, 5) is 30.6. The molecule has 150 valence electrons. The fourth-order valence-corrected chi connectivity index (χ4v) is 4.31. The number of benzene rings is 2. The van der Waals surface area contributed by atoms with E-state index in [2.05, 4.69) is 17.9 Å². The van der Waals surface area contributed by atoms with Crippen molar-refractivity contribution in [1.29, 1.82) is 0 Å². The largest absolute Gasteiger partial charge is 0.366 e. The maximum Gasteiger partial charge on any atom is 0.282 e. The van der Waals surface area contributed by atoms with Gasteiger partial charge >= 0.3 is 0 Å². The number of imide groups is 1. The van der Waals surface area contributed by atoms with Crippen LogP contribution in [0, 0.1) is 26.7 Å². The van der Waals surface area contributed by atoms with Gasteiger partial charge in [0.15, 0.2) is 0 Å². The number of likely N-dealkylation sites (tertiary alicyclic amines) is 1. The predicted molar refractivity (Wildman–Crippen MR) is 116 cm³/mol. The fourth-order valence-electron chi connectivity index (χ4n) is 4.31. The molecule has 4 nitrogen and oxygen atoms in total. The molecule has 0 N–H and O–H groups in total. The van der Waals surface area contributed by atoms with E-state index in [1.165, 1.54) is 4.90 Å². The molecule has 1 fully saturated rings. The SMILES string of the molecule is Cc1ccc(N2C(=O)C(c3ccc(C)cc3C)=C(N3CCC(C)CC3)C2=O)cc1. The molecule has 2 aliphatic heterocycles. The molecule has 2 heterocycles. The topological polar surface area (TPSA) is 40.6 Å². The van der Waals surface area contributed by atoms with Crippen LogP contribution in [0.2, 0.25) is 0 Å². The zero-order valence-electron chi connectivity index (χ0n) is 17.7. The quantitative estimate of drug-likeness (QED) is 0.720. The fraction of sp³-hybridized carbons (Fsp3) is 0.360. The van der Waals surface area contributed by atoms with Gasteiger partial charge in [-0.25, -0.2) is 4.90 Å². The Labute approximate surface area is 172 Å². The van der Waals surface area contributed by atoms with Crippen LogP contribution < -0.4 is 4.90 Å². The molecule has 0 saturated carbocycles. The number of aryl methyl sites for hydroxylation is 3. The summed E-state index contributed by atoms with van der Waals surface area (Å²) in [6.45, 7) is 9.92. The molecule has 0 unspecified atom stereocenters. The summed E-state index contributed by atoms with van der Waals surface area (Å²) in [7, 11) is 0. The number of carbonyl (C=O) groups excluding carboxylic acids is 2. The molecule has 0 aromatic heterocycles. The van der Waals surface area contributed by atoms with Gasteiger partial charge in [-0.15, -0.1) is 0 Å². The van der Waals surface area contributed by atoms with Crippen molar-refractivity contribution in [2.75, 3.05) is 18.0 Å². The lowest BCUT2D eigenvalue weighted by molar-refractivity contribution is -0.120. The van der Waals surface area contributed by atoms with Crippen LogP contribution in [0.15, 0.2) is 48.2 Å². The maximum atomic E-state index is 13.6. The lowest BCUT2D eigenvalue weighted by atomic mass is 9.95. The highest BCUT2D eigenvalue weighted by atomic mass is 16.2. The maximum absolute atomic E-state index is 13.6. The number of nitrogens with zero attached hydrogens (tertiary/aromatic N) is 2. The van der Waals surface area contributed by atoms with Gasteiger partial charge in [-0.2, -0.15) is 0 Å². The van der Waals surface area contributed by atoms with Gasteiger partial charge in [-0.1, -0.05) is 48.4 Å². The van der Waals surface area contributed by atoms with Crippen molar-refractivity contribution in [3.8, 4) is 0 Å². The van der Waals surface area contributed by atoms with Crippen LogP contribution in [0.4, 0.5) is 5.69 Å². The van der Waals surface area contributed by atoms with E-state index in [9.17, 15) is 9.59 Å². The molecule has 4 heteroatoms. The molecular weight excluding hydrogens is 360 g/mol. The van der Waals surface area contributed by atoms with Crippen molar-refractivity contribution in [3.05, 3.63) is 70.4 Å². The first kappa shape index (κ1) is 19.4. The number of hydrogen-bond donors (Lipinski definition) is 0. The molecule has 0 aliphatic carbocycles. The van der Waals surface area contributed by atoms with Crippen molar-refractivity contribution in [1.82, 2.24) is 4.90 Å². The molecule has 2 aromatic rings. The van der Waals surface area contributed by atoms with E-state index in [4.69, 9.17) is 0 Å². The Balaban J connectivity index is 1.83. The van der Waals surface area contributed by atoms with Crippen LogP contribution >= 0.6 is 0 Å². The highest BCUT2D eigenvalue weighted by molar-refractivity contribution is 6.45. The van der Waals surface area contributed by atoms with E-state index >= 15 is 0 Å². The zero-order chi connectivity index (χ0) is 20.7. The summed E-state index contributed by atoms with van der Waals surface area (Å²) >= 11 is 0. The van der Waals surface area contributed by atoms with Crippen molar-refractivity contribution in [2.45, 2.75) is 40.5 Å². The van der Waals surface area contributed by atoms with Gasteiger partial charge in [0.1, 0.15) is 5.70 Å². The average Bonchev–Trinajstić information content (AvgIpc) is 2.94. The third kappa shape index (κ3) is 3.48. The van der Waals surface area contributed by atoms with Crippen molar-refractivity contribution in [2.24, 2.45) is 5.92 Å². The monoisotopic (exact) mass is 388 g/mol. The standard InChI is InChI=1S/C25H28N2O2/c1-16-5-8-20(9-6-16)27-24(28)22(21-10-7-18(3)15-19(21)4)23(25(27)29)26-13-11-17(2)12-14-26/h5-10,15,17H,11-14H2,1-4H3. The summed E-state index contributed by atoms with van der Waals surface area (Å²) in [5.41, 5.74) is 5.87. The number of hydrogen-bond acceptors (Lipinski definition) is 3. The zero-order valence-corrected chi connectivity index (χ0v) is 17.7. The van der Waals surface area contributed by atoms with Crippen LogP contribution in [0.25, 0.3) is 5.57 Å². The Hall–Kier alpha value is -2.88. The van der Waals surface area contributed by atoms with E-state index in [0.717, 1.165) is 48.2 Å². The molecule has 29 heavy (non-hydrogen) atoms. The highest BCUT2D eigenvalue weighted by Crippen LogP contribution is 2.37. The minimum absolute atomic E-state index is 0.205. The van der Waals surface area contributed by atoms with Gasteiger partial charge in [-0.05, 0) is 62.8 Å². The molecule has 0 bridgehead atoms. The third-order valence-corrected chi connectivity index (χ3v) is 6.10. The van der Waals surface area contributed by atoms with E-state index in [-0.39, 0.29) is 11.8 Å². The molecule has 1 saturated heterocycles. The smallest absolute Gasteiger partial charge is 0.282 e. The first-order valence-electron chi connectivity index (χ1n) is 10.4. The first-order chi connectivity index (χ1) is 13.9. The number of piperidine rings is 1. The van der Waals surface area contributed by atoms with E-state index < -0.39 is 0 Å². The Morgan fingerprint density at radius 3 is 2.07 bits per heavy atom. The lowest BCUT2D eigenvalue weighted by Crippen LogP contribution is -2.38.